The van der Waals surface area contributed by atoms with Crippen LogP contribution in [0, 0.1) is 0 Å². The van der Waals surface area contributed by atoms with E-state index in [9.17, 15) is 13.6 Å². The Balaban J connectivity index is 2.28. The van der Waals surface area contributed by atoms with Crippen LogP contribution >= 0.6 is 0 Å². The highest BCUT2D eigenvalue weighted by atomic mass is 19.3. The van der Waals surface area contributed by atoms with Gasteiger partial charge in [0.05, 0.1) is 12.1 Å². The molecule has 4 nitrogen and oxygen atoms in total. The largest absolute Gasteiger partial charge is 0.278 e. The van der Waals surface area contributed by atoms with Crippen LogP contribution in [0.5, 0.6) is 0 Å². The summed E-state index contributed by atoms with van der Waals surface area (Å²) in [6.45, 7) is 0. The number of aromatic nitrogens is 1. The predicted octanol–water partition coefficient (Wildman–Crippen LogP) is 1.44. The van der Waals surface area contributed by atoms with Gasteiger partial charge in [-0.15, -0.1) is 0 Å². The summed E-state index contributed by atoms with van der Waals surface area (Å²) in [4.78, 5) is 15.1. The van der Waals surface area contributed by atoms with Gasteiger partial charge in [-0.2, -0.15) is 5.10 Å². The second-order valence-corrected chi connectivity index (χ2v) is 2.98. The zero-order valence-corrected chi connectivity index (χ0v) is 7.60. The van der Waals surface area contributed by atoms with Gasteiger partial charge in [0.15, 0.2) is 0 Å². The van der Waals surface area contributed by atoms with Crippen molar-refractivity contribution in [1.82, 2.24) is 4.98 Å². The quantitative estimate of drug-likeness (QED) is 0.743. The first-order valence-electron chi connectivity index (χ1n) is 4.27. The molecule has 0 saturated heterocycles. The summed E-state index contributed by atoms with van der Waals surface area (Å²) < 4.78 is 24.6. The van der Waals surface area contributed by atoms with Crippen molar-refractivity contribution in [2.24, 2.45) is 5.10 Å². The summed E-state index contributed by atoms with van der Waals surface area (Å²) in [7, 11) is 0. The molecule has 0 fully saturated rings. The third-order valence-corrected chi connectivity index (χ3v) is 1.96. The standard InChI is InChI=1S/C9H7F2N3O/c10-9(11)7-5-8(15)14(13-7)6-1-3-12-4-2-6/h1-4,9H,5H2. The molecule has 15 heavy (non-hydrogen) atoms. The molecule has 0 saturated carbocycles. The molecule has 1 amide bonds. The second kappa shape index (κ2) is 3.72. The van der Waals surface area contributed by atoms with Gasteiger partial charge < -0.3 is 0 Å². The number of nitrogens with zero attached hydrogens (tertiary/aromatic N) is 3. The number of alkyl halides is 2. The van der Waals surface area contributed by atoms with Crippen LogP contribution in [0.2, 0.25) is 0 Å². The summed E-state index contributed by atoms with van der Waals surface area (Å²) in [5.74, 6) is -0.448. The monoisotopic (exact) mass is 211 g/mol. The molecular weight excluding hydrogens is 204 g/mol. The van der Waals surface area contributed by atoms with E-state index in [1.807, 2.05) is 0 Å². The third kappa shape index (κ3) is 1.83. The number of anilines is 1. The summed E-state index contributed by atoms with van der Waals surface area (Å²) in [5.41, 5.74) is 0.0578. The molecule has 1 aromatic rings. The van der Waals surface area contributed by atoms with Crippen LogP contribution < -0.4 is 5.01 Å². The molecule has 0 spiro atoms. The maximum Gasteiger partial charge on any atom is 0.278 e. The molecule has 0 unspecified atom stereocenters. The van der Waals surface area contributed by atoms with Crippen molar-refractivity contribution in [2.45, 2.75) is 12.8 Å². The van der Waals surface area contributed by atoms with E-state index in [2.05, 4.69) is 10.1 Å². The number of halogens is 2. The summed E-state index contributed by atoms with van der Waals surface area (Å²) in [5, 5.41) is 4.54. The van der Waals surface area contributed by atoms with Gasteiger partial charge in [-0.1, -0.05) is 0 Å². The van der Waals surface area contributed by atoms with Gasteiger partial charge in [0.1, 0.15) is 5.71 Å². The first-order valence-corrected chi connectivity index (χ1v) is 4.27. The minimum absolute atomic E-state index is 0.319. The normalized spacial score (nSPS) is 16.1. The van der Waals surface area contributed by atoms with Gasteiger partial charge in [0, 0.05) is 12.4 Å². The molecule has 1 aromatic heterocycles. The first kappa shape index (κ1) is 9.70. The van der Waals surface area contributed by atoms with E-state index < -0.39 is 18.0 Å². The Morgan fingerprint density at radius 2 is 2.00 bits per heavy atom. The van der Waals surface area contributed by atoms with Gasteiger partial charge in [-0.25, -0.2) is 13.8 Å². The molecule has 0 aliphatic carbocycles. The third-order valence-electron chi connectivity index (χ3n) is 1.96. The SMILES string of the molecule is O=C1CC(C(F)F)=NN1c1ccncc1. The number of hydrogen-bond donors (Lipinski definition) is 0. The van der Waals surface area contributed by atoms with Gasteiger partial charge in [-0.05, 0) is 12.1 Å². The van der Waals surface area contributed by atoms with E-state index in [0.717, 1.165) is 5.01 Å². The molecule has 1 aliphatic heterocycles. The topological polar surface area (TPSA) is 45.6 Å². The molecule has 0 radical (unpaired) electrons. The highest BCUT2D eigenvalue weighted by molar-refractivity contribution is 6.13. The van der Waals surface area contributed by atoms with Crippen molar-refractivity contribution in [3.63, 3.8) is 0 Å². The minimum atomic E-state index is -2.68. The number of carbonyl (C=O) groups is 1. The van der Waals surface area contributed by atoms with Crippen LogP contribution in [0.3, 0.4) is 0 Å². The number of hydrogen-bond acceptors (Lipinski definition) is 3. The number of pyridine rings is 1. The Hall–Kier alpha value is -1.85. The molecule has 78 valence electrons. The Morgan fingerprint density at radius 3 is 2.53 bits per heavy atom. The predicted molar refractivity (Wildman–Crippen MR) is 49.8 cm³/mol. The van der Waals surface area contributed by atoms with Crippen molar-refractivity contribution in [1.29, 1.82) is 0 Å². The van der Waals surface area contributed by atoms with Crippen molar-refractivity contribution < 1.29 is 13.6 Å². The summed E-state index contributed by atoms with van der Waals surface area (Å²) in [6, 6.07) is 3.08. The fourth-order valence-corrected chi connectivity index (χ4v) is 1.26. The van der Waals surface area contributed by atoms with Crippen LogP contribution in [0.15, 0.2) is 29.6 Å². The minimum Gasteiger partial charge on any atom is -0.272 e. The molecular formula is C9H7F2N3O. The van der Waals surface area contributed by atoms with Gasteiger partial charge in [-0.3, -0.25) is 9.78 Å². The maximum absolute atomic E-state index is 12.3. The lowest BCUT2D eigenvalue weighted by Crippen LogP contribution is -2.19. The molecule has 2 rings (SSSR count). The molecule has 1 aliphatic rings. The van der Waals surface area contributed by atoms with Crippen LogP contribution in [0.25, 0.3) is 0 Å². The van der Waals surface area contributed by atoms with Gasteiger partial charge in [0.25, 0.3) is 12.3 Å². The van der Waals surface area contributed by atoms with Crippen molar-refractivity contribution in [3.8, 4) is 0 Å². The maximum atomic E-state index is 12.3. The zero-order chi connectivity index (χ0) is 10.8. The molecule has 0 N–H and O–H groups in total. The zero-order valence-electron chi connectivity index (χ0n) is 7.60. The van der Waals surface area contributed by atoms with Crippen LogP contribution in [0.4, 0.5) is 14.5 Å². The van der Waals surface area contributed by atoms with Crippen molar-refractivity contribution in [3.05, 3.63) is 24.5 Å². The Bertz CT molecular complexity index is 405. The smallest absolute Gasteiger partial charge is 0.272 e. The summed E-state index contributed by atoms with van der Waals surface area (Å²) in [6.07, 6.45) is -0.0578. The Morgan fingerprint density at radius 1 is 1.33 bits per heavy atom. The molecule has 0 atom stereocenters. The summed E-state index contributed by atoms with van der Waals surface area (Å²) >= 11 is 0. The second-order valence-electron chi connectivity index (χ2n) is 2.98. The van der Waals surface area contributed by atoms with Gasteiger partial charge in [0.2, 0.25) is 0 Å². The van der Waals surface area contributed by atoms with E-state index in [0.29, 0.717) is 5.69 Å². The Kier molecular flexibility index (Phi) is 2.40. The fourth-order valence-electron chi connectivity index (χ4n) is 1.26. The average molecular weight is 211 g/mol. The van der Waals surface area contributed by atoms with Crippen LogP contribution in [-0.4, -0.2) is 23.0 Å². The van der Waals surface area contributed by atoms with Gasteiger partial charge >= 0.3 is 0 Å². The Labute approximate surface area is 84.2 Å². The van der Waals surface area contributed by atoms with E-state index in [1.54, 1.807) is 0 Å². The average Bonchev–Trinajstić information content (AvgIpc) is 2.62. The van der Waals surface area contributed by atoms with E-state index in [1.165, 1.54) is 24.5 Å². The van der Waals surface area contributed by atoms with E-state index in [-0.39, 0.29) is 6.42 Å². The molecule has 0 bridgehead atoms. The number of hydrazone groups is 1. The first-order chi connectivity index (χ1) is 7.18. The van der Waals surface area contributed by atoms with E-state index >= 15 is 0 Å². The lowest BCUT2D eigenvalue weighted by Gasteiger charge is -2.10. The molecule has 2 heterocycles. The lowest BCUT2D eigenvalue weighted by atomic mass is 10.3. The number of amides is 1. The lowest BCUT2D eigenvalue weighted by molar-refractivity contribution is -0.117. The fraction of sp³-hybridized carbons (Fsp3) is 0.222. The van der Waals surface area contributed by atoms with Crippen molar-refractivity contribution in [2.75, 3.05) is 5.01 Å². The molecule has 6 heteroatoms. The van der Waals surface area contributed by atoms with Crippen molar-refractivity contribution >= 4 is 17.3 Å². The highest BCUT2D eigenvalue weighted by Crippen LogP contribution is 2.21. The van der Waals surface area contributed by atoms with Crippen LogP contribution in [-0.2, 0) is 4.79 Å². The number of carbonyl (C=O) groups excluding carboxylic acids is 1. The van der Waals surface area contributed by atoms with E-state index in [4.69, 9.17) is 0 Å². The highest BCUT2D eigenvalue weighted by Gasteiger charge is 2.29. The van der Waals surface area contributed by atoms with Crippen LogP contribution in [0.1, 0.15) is 6.42 Å². The number of rotatable bonds is 2. The molecule has 0 aromatic carbocycles.